The number of alkyl halides is 2. The van der Waals surface area contributed by atoms with E-state index < -0.39 is 11.9 Å². The average Bonchev–Trinajstić information content (AvgIpc) is 2.18. The van der Waals surface area contributed by atoms with E-state index in [1.54, 1.807) is 0 Å². The molecule has 0 radical (unpaired) electrons. The molecular formula is C11H12F2O2. The maximum atomic E-state index is 13.2. The van der Waals surface area contributed by atoms with Crippen molar-refractivity contribution in [2.75, 3.05) is 0 Å². The van der Waals surface area contributed by atoms with Crippen LogP contribution in [0.25, 0.3) is 0 Å². The first-order valence-corrected chi connectivity index (χ1v) is 4.64. The van der Waals surface area contributed by atoms with E-state index in [9.17, 15) is 13.6 Å². The van der Waals surface area contributed by atoms with Crippen molar-refractivity contribution in [3.05, 3.63) is 35.4 Å². The second kappa shape index (κ2) is 4.38. The van der Waals surface area contributed by atoms with Crippen LogP contribution in [0.4, 0.5) is 8.78 Å². The molecule has 0 aromatic heterocycles. The summed E-state index contributed by atoms with van der Waals surface area (Å²) in [5, 5.41) is 8.49. The Morgan fingerprint density at radius 3 is 2.27 bits per heavy atom. The first-order chi connectivity index (χ1) is 6.95. The van der Waals surface area contributed by atoms with Crippen LogP contribution >= 0.6 is 0 Å². The normalized spacial score (nSPS) is 11.4. The molecular weight excluding hydrogens is 202 g/mol. The molecule has 0 aliphatic carbocycles. The summed E-state index contributed by atoms with van der Waals surface area (Å²) < 4.78 is 26.3. The molecule has 0 bridgehead atoms. The van der Waals surface area contributed by atoms with Gasteiger partial charge in [0.05, 0.1) is 6.42 Å². The number of carboxylic acid groups (broad SMARTS) is 1. The standard InChI is InChI=1S/C11H12F2O2/c1-2-11(12,13)9-5-3-8(4-6-9)7-10(14)15/h3-6H,2,7H2,1H3,(H,14,15). The molecule has 0 unspecified atom stereocenters. The molecule has 0 amide bonds. The molecule has 82 valence electrons. The Hall–Kier alpha value is -1.45. The van der Waals surface area contributed by atoms with Gasteiger partial charge in [-0.15, -0.1) is 0 Å². The van der Waals surface area contributed by atoms with Crippen molar-refractivity contribution in [1.82, 2.24) is 0 Å². The van der Waals surface area contributed by atoms with Gasteiger partial charge in [0.15, 0.2) is 0 Å². The number of carboxylic acids is 1. The highest BCUT2D eigenvalue weighted by Crippen LogP contribution is 2.31. The lowest BCUT2D eigenvalue weighted by Crippen LogP contribution is -2.11. The third-order valence-corrected chi connectivity index (χ3v) is 2.18. The summed E-state index contributed by atoms with van der Waals surface area (Å²) in [6.07, 6.45) is -0.400. The van der Waals surface area contributed by atoms with E-state index in [1.165, 1.54) is 31.2 Å². The lowest BCUT2D eigenvalue weighted by molar-refractivity contribution is -0.136. The van der Waals surface area contributed by atoms with Gasteiger partial charge in [-0.2, -0.15) is 0 Å². The van der Waals surface area contributed by atoms with E-state index in [1.807, 2.05) is 0 Å². The average molecular weight is 214 g/mol. The molecule has 0 saturated heterocycles. The molecule has 1 N–H and O–H groups in total. The summed E-state index contributed by atoms with van der Waals surface area (Å²) in [5.74, 6) is -3.80. The molecule has 1 aromatic rings. The Morgan fingerprint density at radius 2 is 1.87 bits per heavy atom. The number of rotatable bonds is 4. The number of halogens is 2. The Bertz CT molecular complexity index is 344. The predicted octanol–water partition coefficient (Wildman–Crippen LogP) is 2.82. The van der Waals surface area contributed by atoms with Crippen molar-refractivity contribution >= 4 is 5.97 Å². The minimum absolute atomic E-state index is 0.0702. The van der Waals surface area contributed by atoms with Gasteiger partial charge in [0.25, 0.3) is 5.92 Å². The minimum Gasteiger partial charge on any atom is -0.481 e. The number of hydrogen-bond donors (Lipinski definition) is 1. The zero-order valence-electron chi connectivity index (χ0n) is 8.34. The Kier molecular flexibility index (Phi) is 3.39. The van der Waals surface area contributed by atoms with Gasteiger partial charge in [-0.05, 0) is 5.56 Å². The lowest BCUT2D eigenvalue weighted by Gasteiger charge is -2.14. The van der Waals surface area contributed by atoms with Crippen molar-refractivity contribution in [1.29, 1.82) is 0 Å². The van der Waals surface area contributed by atoms with Gasteiger partial charge >= 0.3 is 5.97 Å². The second-order valence-electron chi connectivity index (χ2n) is 3.33. The van der Waals surface area contributed by atoms with Crippen LogP contribution in [0, 0.1) is 0 Å². The Labute approximate surface area is 86.5 Å². The van der Waals surface area contributed by atoms with Gasteiger partial charge in [-0.1, -0.05) is 31.2 Å². The summed E-state index contributed by atoms with van der Waals surface area (Å²) in [6, 6.07) is 5.41. The SMILES string of the molecule is CCC(F)(F)c1ccc(CC(=O)O)cc1. The molecule has 0 aliphatic heterocycles. The zero-order chi connectivity index (χ0) is 11.5. The Balaban J connectivity index is 2.85. The summed E-state index contributed by atoms with van der Waals surface area (Å²) in [4.78, 5) is 10.4. The maximum Gasteiger partial charge on any atom is 0.307 e. The third-order valence-electron chi connectivity index (χ3n) is 2.18. The van der Waals surface area contributed by atoms with E-state index in [-0.39, 0.29) is 18.4 Å². The van der Waals surface area contributed by atoms with Gasteiger partial charge in [0.1, 0.15) is 0 Å². The quantitative estimate of drug-likeness (QED) is 0.836. The fourth-order valence-electron chi connectivity index (χ4n) is 1.25. The first kappa shape index (κ1) is 11.6. The summed E-state index contributed by atoms with van der Waals surface area (Å²) >= 11 is 0. The van der Waals surface area contributed by atoms with Crippen molar-refractivity contribution in [3.63, 3.8) is 0 Å². The summed E-state index contributed by atoms with van der Waals surface area (Å²) in [5.41, 5.74) is 0.456. The van der Waals surface area contributed by atoms with Crippen LogP contribution < -0.4 is 0 Å². The lowest BCUT2D eigenvalue weighted by atomic mass is 10.0. The number of benzene rings is 1. The van der Waals surface area contributed by atoms with Gasteiger partial charge < -0.3 is 5.11 Å². The van der Waals surface area contributed by atoms with Crippen molar-refractivity contribution in [2.24, 2.45) is 0 Å². The van der Waals surface area contributed by atoms with E-state index >= 15 is 0 Å². The van der Waals surface area contributed by atoms with Crippen molar-refractivity contribution < 1.29 is 18.7 Å². The van der Waals surface area contributed by atoms with Gasteiger partial charge in [-0.3, -0.25) is 4.79 Å². The van der Waals surface area contributed by atoms with Crippen LogP contribution in [0.2, 0.25) is 0 Å². The van der Waals surface area contributed by atoms with Crippen LogP contribution in [0.5, 0.6) is 0 Å². The fourth-order valence-corrected chi connectivity index (χ4v) is 1.25. The summed E-state index contributed by atoms with van der Waals surface area (Å²) in [7, 11) is 0. The van der Waals surface area contributed by atoms with Crippen LogP contribution in [0.3, 0.4) is 0 Å². The predicted molar refractivity (Wildman–Crippen MR) is 52.0 cm³/mol. The van der Waals surface area contributed by atoms with Crippen molar-refractivity contribution in [3.8, 4) is 0 Å². The molecule has 15 heavy (non-hydrogen) atoms. The van der Waals surface area contributed by atoms with E-state index in [4.69, 9.17) is 5.11 Å². The van der Waals surface area contributed by atoms with E-state index in [2.05, 4.69) is 0 Å². The van der Waals surface area contributed by atoms with Crippen molar-refractivity contribution in [2.45, 2.75) is 25.7 Å². The number of carbonyl (C=O) groups is 1. The highest BCUT2D eigenvalue weighted by atomic mass is 19.3. The van der Waals surface area contributed by atoms with Crippen LogP contribution in [-0.4, -0.2) is 11.1 Å². The summed E-state index contributed by atoms with van der Waals surface area (Å²) in [6.45, 7) is 1.41. The third kappa shape index (κ3) is 3.01. The molecule has 0 atom stereocenters. The molecule has 0 spiro atoms. The molecule has 4 heteroatoms. The van der Waals surface area contributed by atoms with Gasteiger partial charge in [0.2, 0.25) is 0 Å². The zero-order valence-corrected chi connectivity index (χ0v) is 8.34. The first-order valence-electron chi connectivity index (χ1n) is 4.64. The highest BCUT2D eigenvalue weighted by Gasteiger charge is 2.28. The topological polar surface area (TPSA) is 37.3 Å². The fraction of sp³-hybridized carbons (Fsp3) is 0.364. The smallest absolute Gasteiger partial charge is 0.307 e. The maximum absolute atomic E-state index is 13.2. The van der Waals surface area contributed by atoms with Crippen LogP contribution in [0.15, 0.2) is 24.3 Å². The molecule has 0 heterocycles. The Morgan fingerprint density at radius 1 is 1.33 bits per heavy atom. The van der Waals surface area contributed by atoms with Gasteiger partial charge in [0, 0.05) is 12.0 Å². The molecule has 0 saturated carbocycles. The number of aliphatic carboxylic acids is 1. The second-order valence-corrected chi connectivity index (χ2v) is 3.33. The molecule has 0 fully saturated rings. The minimum atomic E-state index is -2.83. The van der Waals surface area contributed by atoms with Crippen LogP contribution in [-0.2, 0) is 17.1 Å². The monoisotopic (exact) mass is 214 g/mol. The number of hydrogen-bond acceptors (Lipinski definition) is 1. The molecule has 1 rings (SSSR count). The highest BCUT2D eigenvalue weighted by molar-refractivity contribution is 5.70. The van der Waals surface area contributed by atoms with Crippen LogP contribution in [0.1, 0.15) is 24.5 Å². The molecule has 0 aliphatic rings. The molecule has 2 nitrogen and oxygen atoms in total. The van der Waals surface area contributed by atoms with E-state index in [0.29, 0.717) is 5.56 Å². The van der Waals surface area contributed by atoms with E-state index in [0.717, 1.165) is 0 Å². The largest absolute Gasteiger partial charge is 0.481 e. The van der Waals surface area contributed by atoms with Gasteiger partial charge in [-0.25, -0.2) is 8.78 Å². The molecule has 1 aromatic carbocycles.